The molecule has 0 radical (unpaired) electrons. The highest BCUT2D eigenvalue weighted by Gasteiger charge is 2.20. The van der Waals surface area contributed by atoms with E-state index in [0.717, 1.165) is 49.0 Å². The van der Waals surface area contributed by atoms with Crippen LogP contribution in [-0.4, -0.2) is 16.5 Å². The Morgan fingerprint density at radius 1 is 1.04 bits per heavy atom. The van der Waals surface area contributed by atoms with Gasteiger partial charge in [0.15, 0.2) is 0 Å². The zero-order chi connectivity index (χ0) is 17.9. The van der Waals surface area contributed by atoms with Gasteiger partial charge in [-0.1, -0.05) is 37.3 Å². The highest BCUT2D eigenvalue weighted by molar-refractivity contribution is 5.65. The average Bonchev–Trinajstić information content (AvgIpc) is 2.67. The Bertz CT molecular complexity index is 902. The van der Waals surface area contributed by atoms with Crippen molar-refractivity contribution >= 4 is 23.1 Å². The molecule has 26 heavy (non-hydrogen) atoms. The molecule has 4 rings (SSSR count). The molecule has 0 aliphatic carbocycles. The van der Waals surface area contributed by atoms with Crippen LogP contribution in [0.1, 0.15) is 30.2 Å². The van der Waals surface area contributed by atoms with Crippen molar-refractivity contribution in [3.63, 3.8) is 0 Å². The zero-order valence-electron chi connectivity index (χ0n) is 15.4. The van der Waals surface area contributed by atoms with Crippen LogP contribution >= 0.6 is 0 Å². The molecule has 132 valence electrons. The van der Waals surface area contributed by atoms with Gasteiger partial charge in [0.1, 0.15) is 5.82 Å². The summed E-state index contributed by atoms with van der Waals surface area (Å²) in [6, 6.07) is 19.1. The molecule has 3 aromatic rings. The van der Waals surface area contributed by atoms with Crippen LogP contribution in [0, 0.1) is 6.92 Å². The third-order valence-corrected chi connectivity index (χ3v) is 4.83. The highest BCUT2D eigenvalue weighted by Crippen LogP contribution is 2.32. The van der Waals surface area contributed by atoms with Gasteiger partial charge in [-0.05, 0) is 55.5 Å². The second-order valence-electron chi connectivity index (χ2n) is 6.75. The number of nitrogens with zero attached hydrogens (tertiary/aromatic N) is 3. The van der Waals surface area contributed by atoms with Gasteiger partial charge >= 0.3 is 0 Å². The lowest BCUT2D eigenvalue weighted by molar-refractivity contribution is 0.749. The van der Waals surface area contributed by atoms with Crippen LogP contribution < -0.4 is 10.2 Å². The molecule has 4 nitrogen and oxygen atoms in total. The van der Waals surface area contributed by atoms with E-state index in [9.17, 15) is 0 Å². The Hall–Kier alpha value is -2.88. The van der Waals surface area contributed by atoms with E-state index in [4.69, 9.17) is 9.97 Å². The number of aryl methyl sites for hydroxylation is 3. The van der Waals surface area contributed by atoms with Gasteiger partial charge in [0.05, 0.1) is 0 Å². The van der Waals surface area contributed by atoms with Gasteiger partial charge in [-0.25, -0.2) is 4.98 Å². The number of rotatable bonds is 4. The van der Waals surface area contributed by atoms with Gasteiger partial charge in [0.2, 0.25) is 5.95 Å². The van der Waals surface area contributed by atoms with Crippen molar-refractivity contribution < 1.29 is 0 Å². The van der Waals surface area contributed by atoms with E-state index < -0.39 is 0 Å². The standard InChI is InChI=1S/C22H24N4/c1-3-17-10-12-19(13-11-17)24-21-15-16(2)23-22(25-21)26-14-6-8-18-7-4-5-9-20(18)26/h4-5,7,9-13,15H,3,6,8,14H2,1-2H3,(H,23,24,25). The molecule has 2 heterocycles. The van der Waals surface area contributed by atoms with Gasteiger partial charge in [-0.2, -0.15) is 4.98 Å². The van der Waals surface area contributed by atoms with Crippen LogP contribution in [0.15, 0.2) is 54.6 Å². The van der Waals surface area contributed by atoms with Gasteiger partial charge in [0.25, 0.3) is 0 Å². The molecule has 0 fully saturated rings. The lowest BCUT2D eigenvalue weighted by Gasteiger charge is -2.29. The normalized spacial score (nSPS) is 13.4. The number of fused-ring (bicyclic) bond motifs is 1. The fraction of sp³-hybridized carbons (Fsp3) is 0.273. The Balaban J connectivity index is 1.64. The summed E-state index contributed by atoms with van der Waals surface area (Å²) in [5.41, 5.74) is 5.94. The number of hydrogen-bond acceptors (Lipinski definition) is 4. The quantitative estimate of drug-likeness (QED) is 0.708. The minimum Gasteiger partial charge on any atom is -0.340 e. The number of anilines is 4. The Morgan fingerprint density at radius 3 is 2.65 bits per heavy atom. The first-order valence-electron chi connectivity index (χ1n) is 9.30. The average molecular weight is 344 g/mol. The maximum Gasteiger partial charge on any atom is 0.232 e. The summed E-state index contributed by atoms with van der Waals surface area (Å²) in [6.07, 6.45) is 3.29. The van der Waals surface area contributed by atoms with E-state index in [0.29, 0.717) is 0 Å². The molecule has 0 atom stereocenters. The van der Waals surface area contributed by atoms with E-state index in [2.05, 4.69) is 65.7 Å². The Morgan fingerprint density at radius 2 is 1.85 bits per heavy atom. The molecule has 1 aliphatic rings. The molecule has 2 aromatic carbocycles. The summed E-state index contributed by atoms with van der Waals surface area (Å²) in [7, 11) is 0. The van der Waals surface area contributed by atoms with Crippen molar-refractivity contribution in [3.8, 4) is 0 Å². The topological polar surface area (TPSA) is 41.1 Å². The SMILES string of the molecule is CCc1ccc(Nc2cc(C)nc(N3CCCc4ccccc43)n2)cc1. The molecular weight excluding hydrogens is 320 g/mol. The summed E-state index contributed by atoms with van der Waals surface area (Å²) >= 11 is 0. The summed E-state index contributed by atoms with van der Waals surface area (Å²) in [4.78, 5) is 11.7. The molecule has 4 heteroatoms. The maximum absolute atomic E-state index is 4.80. The second kappa shape index (κ2) is 7.16. The van der Waals surface area contributed by atoms with Crippen LogP contribution in [-0.2, 0) is 12.8 Å². The van der Waals surface area contributed by atoms with Crippen LogP contribution in [0.25, 0.3) is 0 Å². The van der Waals surface area contributed by atoms with Crippen molar-refractivity contribution in [1.82, 2.24) is 9.97 Å². The van der Waals surface area contributed by atoms with E-state index in [1.807, 2.05) is 13.0 Å². The minimum absolute atomic E-state index is 0.768. The van der Waals surface area contributed by atoms with E-state index in [1.165, 1.54) is 16.8 Å². The van der Waals surface area contributed by atoms with Crippen LogP contribution in [0.4, 0.5) is 23.1 Å². The molecular formula is C22H24N4. The molecule has 1 aliphatic heterocycles. The van der Waals surface area contributed by atoms with Crippen LogP contribution in [0.2, 0.25) is 0 Å². The predicted molar refractivity (Wildman–Crippen MR) is 108 cm³/mol. The number of hydrogen-bond donors (Lipinski definition) is 1. The predicted octanol–water partition coefficient (Wildman–Crippen LogP) is 5.18. The maximum atomic E-state index is 4.80. The highest BCUT2D eigenvalue weighted by atomic mass is 15.3. The molecule has 0 amide bonds. The molecule has 0 spiro atoms. The Kier molecular flexibility index (Phi) is 4.57. The fourth-order valence-electron chi connectivity index (χ4n) is 3.45. The molecule has 0 saturated heterocycles. The van der Waals surface area contributed by atoms with Crippen LogP contribution in [0.3, 0.4) is 0 Å². The van der Waals surface area contributed by atoms with Gasteiger partial charge in [0, 0.05) is 29.7 Å². The molecule has 0 unspecified atom stereocenters. The minimum atomic E-state index is 0.768. The van der Waals surface area contributed by atoms with Crippen molar-refractivity contribution in [3.05, 3.63) is 71.4 Å². The summed E-state index contributed by atoms with van der Waals surface area (Å²) < 4.78 is 0. The van der Waals surface area contributed by atoms with Gasteiger partial charge < -0.3 is 10.2 Å². The fourth-order valence-corrected chi connectivity index (χ4v) is 3.45. The zero-order valence-corrected chi connectivity index (χ0v) is 15.4. The van der Waals surface area contributed by atoms with Crippen molar-refractivity contribution in [2.45, 2.75) is 33.1 Å². The number of nitrogens with one attached hydrogen (secondary N) is 1. The number of aromatic nitrogens is 2. The lowest BCUT2D eigenvalue weighted by Crippen LogP contribution is -2.26. The first-order chi connectivity index (χ1) is 12.7. The van der Waals surface area contributed by atoms with Crippen molar-refractivity contribution in [1.29, 1.82) is 0 Å². The molecule has 1 N–H and O–H groups in total. The summed E-state index contributed by atoms with van der Waals surface area (Å²) in [5, 5.41) is 3.42. The third kappa shape index (κ3) is 3.40. The molecule has 1 aromatic heterocycles. The largest absolute Gasteiger partial charge is 0.340 e. The van der Waals surface area contributed by atoms with Gasteiger partial charge in [-0.3, -0.25) is 0 Å². The van der Waals surface area contributed by atoms with Crippen LogP contribution in [0.5, 0.6) is 0 Å². The number of para-hydroxylation sites is 1. The van der Waals surface area contributed by atoms with Gasteiger partial charge in [-0.15, -0.1) is 0 Å². The first-order valence-corrected chi connectivity index (χ1v) is 9.30. The first kappa shape index (κ1) is 16.6. The smallest absolute Gasteiger partial charge is 0.232 e. The summed E-state index contributed by atoms with van der Waals surface area (Å²) in [6.45, 7) is 5.14. The van der Waals surface area contributed by atoms with E-state index in [1.54, 1.807) is 0 Å². The molecule has 0 bridgehead atoms. The van der Waals surface area contributed by atoms with Crippen molar-refractivity contribution in [2.75, 3.05) is 16.8 Å². The lowest BCUT2D eigenvalue weighted by atomic mass is 10.0. The monoisotopic (exact) mass is 344 g/mol. The van der Waals surface area contributed by atoms with E-state index >= 15 is 0 Å². The Labute approximate surface area is 154 Å². The van der Waals surface area contributed by atoms with Crippen molar-refractivity contribution in [2.24, 2.45) is 0 Å². The van der Waals surface area contributed by atoms with E-state index in [-0.39, 0.29) is 0 Å². The third-order valence-electron chi connectivity index (χ3n) is 4.83. The molecule has 0 saturated carbocycles. The summed E-state index contributed by atoms with van der Waals surface area (Å²) in [5.74, 6) is 1.60. The second-order valence-corrected chi connectivity index (χ2v) is 6.75. The number of benzene rings is 2.